The summed E-state index contributed by atoms with van der Waals surface area (Å²) in [5, 5.41) is 8.80. The minimum absolute atomic E-state index is 0.0246. The molecule has 0 aromatic heterocycles. The molecule has 1 aromatic carbocycles. The van der Waals surface area contributed by atoms with Crippen LogP contribution in [-0.2, 0) is 0 Å². The number of hydrogen-bond acceptors (Lipinski definition) is 2. The van der Waals surface area contributed by atoms with Gasteiger partial charge in [0.15, 0.2) is 0 Å². The number of amides is 1. The summed E-state index contributed by atoms with van der Waals surface area (Å²) in [6.07, 6.45) is 0.620. The van der Waals surface area contributed by atoms with Gasteiger partial charge in [-0.2, -0.15) is 0 Å². The molecule has 0 saturated carbocycles. The topological polar surface area (TPSA) is 40.5 Å². The number of carbonyl (C=O) groups is 1. The van der Waals surface area contributed by atoms with Gasteiger partial charge in [-0.15, -0.1) is 0 Å². The minimum atomic E-state index is 0.0246. The second kappa shape index (κ2) is 6.77. The number of aliphatic hydroxyl groups excluding tert-OH is 1. The number of halogens is 1. The molecule has 1 N–H and O–H groups in total. The highest BCUT2D eigenvalue weighted by atomic mass is 79.9. The van der Waals surface area contributed by atoms with Gasteiger partial charge in [-0.3, -0.25) is 4.79 Å². The van der Waals surface area contributed by atoms with Gasteiger partial charge in [0.05, 0.1) is 0 Å². The third kappa shape index (κ3) is 3.82. The van der Waals surface area contributed by atoms with E-state index >= 15 is 0 Å². The molecule has 4 heteroatoms. The number of benzene rings is 1. The molecule has 0 radical (unpaired) electrons. The first-order chi connectivity index (χ1) is 8.10. The van der Waals surface area contributed by atoms with Crippen molar-refractivity contribution in [3.63, 3.8) is 0 Å². The van der Waals surface area contributed by atoms with Crippen LogP contribution in [0, 0.1) is 6.92 Å². The summed E-state index contributed by atoms with van der Waals surface area (Å²) in [4.78, 5) is 13.9. The van der Waals surface area contributed by atoms with Crippen molar-refractivity contribution in [3.05, 3.63) is 33.8 Å². The number of aliphatic hydroxyl groups is 1. The Morgan fingerprint density at radius 1 is 1.47 bits per heavy atom. The second-order valence-electron chi connectivity index (χ2n) is 3.93. The zero-order valence-electron chi connectivity index (χ0n) is 10.2. The molecule has 0 aliphatic heterocycles. The predicted molar refractivity (Wildman–Crippen MR) is 72.2 cm³/mol. The van der Waals surface area contributed by atoms with Gasteiger partial charge in [0.2, 0.25) is 0 Å². The van der Waals surface area contributed by atoms with Crippen molar-refractivity contribution in [3.8, 4) is 0 Å². The van der Waals surface area contributed by atoms with Crippen molar-refractivity contribution >= 4 is 21.8 Å². The van der Waals surface area contributed by atoms with Crippen molar-refractivity contribution < 1.29 is 9.90 Å². The Labute approximate surface area is 111 Å². The fraction of sp³-hybridized carbons (Fsp3) is 0.462. The lowest BCUT2D eigenvalue weighted by atomic mass is 10.1. The molecule has 17 heavy (non-hydrogen) atoms. The van der Waals surface area contributed by atoms with E-state index in [9.17, 15) is 4.79 Å². The number of nitrogens with zero attached hydrogens (tertiary/aromatic N) is 1. The van der Waals surface area contributed by atoms with Gasteiger partial charge in [0.1, 0.15) is 0 Å². The van der Waals surface area contributed by atoms with Crippen LogP contribution >= 0.6 is 15.9 Å². The summed E-state index contributed by atoms with van der Waals surface area (Å²) in [6, 6.07) is 5.59. The summed E-state index contributed by atoms with van der Waals surface area (Å²) in [7, 11) is 0. The van der Waals surface area contributed by atoms with Gasteiger partial charge >= 0.3 is 0 Å². The lowest BCUT2D eigenvalue weighted by Gasteiger charge is -2.20. The molecule has 0 heterocycles. The molecule has 0 fully saturated rings. The Kier molecular flexibility index (Phi) is 5.65. The van der Waals surface area contributed by atoms with Gasteiger partial charge in [-0.05, 0) is 44.0 Å². The first kappa shape index (κ1) is 14.2. The van der Waals surface area contributed by atoms with Crippen LogP contribution in [0.15, 0.2) is 22.7 Å². The first-order valence-electron chi connectivity index (χ1n) is 5.76. The molecule has 0 saturated heterocycles. The van der Waals surface area contributed by atoms with Gasteiger partial charge in [0.25, 0.3) is 5.91 Å². The number of carbonyl (C=O) groups excluding carboxylic acids is 1. The average Bonchev–Trinajstić information content (AvgIpc) is 2.33. The Hall–Kier alpha value is -0.870. The highest BCUT2D eigenvalue weighted by molar-refractivity contribution is 9.10. The SMILES string of the molecule is CCN(CCCO)C(=O)c1ccc(Br)c(C)c1. The maximum absolute atomic E-state index is 12.2. The number of hydrogen-bond donors (Lipinski definition) is 1. The number of aryl methyl sites for hydroxylation is 1. The van der Waals surface area contributed by atoms with E-state index in [1.165, 1.54) is 0 Å². The van der Waals surface area contributed by atoms with E-state index in [4.69, 9.17) is 5.11 Å². The van der Waals surface area contributed by atoms with E-state index in [0.717, 1.165) is 10.0 Å². The zero-order chi connectivity index (χ0) is 12.8. The fourth-order valence-corrected chi connectivity index (χ4v) is 1.87. The van der Waals surface area contributed by atoms with Crippen molar-refractivity contribution in [1.82, 2.24) is 4.90 Å². The van der Waals surface area contributed by atoms with E-state index in [1.807, 2.05) is 32.0 Å². The van der Waals surface area contributed by atoms with E-state index in [-0.39, 0.29) is 12.5 Å². The maximum atomic E-state index is 12.2. The molecule has 3 nitrogen and oxygen atoms in total. The summed E-state index contributed by atoms with van der Waals surface area (Å²) in [5.74, 6) is 0.0246. The smallest absolute Gasteiger partial charge is 0.253 e. The van der Waals surface area contributed by atoms with Crippen LogP contribution in [-0.4, -0.2) is 35.6 Å². The molecule has 0 bridgehead atoms. The Bertz CT molecular complexity index is 393. The molecule has 1 aromatic rings. The van der Waals surface area contributed by atoms with E-state index in [0.29, 0.717) is 25.1 Å². The van der Waals surface area contributed by atoms with Crippen LogP contribution in [0.2, 0.25) is 0 Å². The van der Waals surface area contributed by atoms with E-state index < -0.39 is 0 Å². The van der Waals surface area contributed by atoms with Gasteiger partial charge in [0, 0.05) is 29.7 Å². The van der Waals surface area contributed by atoms with Crippen LogP contribution in [0.5, 0.6) is 0 Å². The minimum Gasteiger partial charge on any atom is -0.396 e. The van der Waals surface area contributed by atoms with Gasteiger partial charge in [-0.1, -0.05) is 15.9 Å². The summed E-state index contributed by atoms with van der Waals surface area (Å²) in [6.45, 7) is 5.28. The molecule has 0 unspecified atom stereocenters. The molecule has 0 aliphatic rings. The van der Waals surface area contributed by atoms with Crippen molar-refractivity contribution in [2.75, 3.05) is 19.7 Å². The molecule has 0 atom stereocenters. The highest BCUT2D eigenvalue weighted by Crippen LogP contribution is 2.18. The second-order valence-corrected chi connectivity index (χ2v) is 4.78. The van der Waals surface area contributed by atoms with E-state index in [2.05, 4.69) is 15.9 Å². The predicted octanol–water partition coefficient (Wildman–Crippen LogP) is 2.60. The molecule has 94 valence electrons. The molecule has 1 rings (SSSR count). The molecular weight excluding hydrogens is 282 g/mol. The third-order valence-electron chi connectivity index (χ3n) is 2.66. The zero-order valence-corrected chi connectivity index (χ0v) is 11.8. The quantitative estimate of drug-likeness (QED) is 0.908. The largest absolute Gasteiger partial charge is 0.396 e. The fourth-order valence-electron chi connectivity index (χ4n) is 1.63. The van der Waals surface area contributed by atoms with Crippen LogP contribution < -0.4 is 0 Å². The molecule has 0 aliphatic carbocycles. The molecular formula is C13H18BrNO2. The average molecular weight is 300 g/mol. The van der Waals surface area contributed by atoms with Crippen molar-refractivity contribution in [1.29, 1.82) is 0 Å². The summed E-state index contributed by atoms with van der Waals surface area (Å²) in [5.41, 5.74) is 1.75. The normalized spacial score (nSPS) is 10.4. The lowest BCUT2D eigenvalue weighted by molar-refractivity contribution is 0.0754. The number of rotatable bonds is 5. The first-order valence-corrected chi connectivity index (χ1v) is 6.55. The Morgan fingerprint density at radius 3 is 2.71 bits per heavy atom. The lowest BCUT2D eigenvalue weighted by Crippen LogP contribution is -2.32. The van der Waals surface area contributed by atoms with Crippen LogP contribution in [0.4, 0.5) is 0 Å². The standard InChI is InChI=1S/C13H18BrNO2/c1-3-15(7-4-8-16)13(17)11-5-6-12(14)10(2)9-11/h5-6,9,16H,3-4,7-8H2,1-2H3. The van der Waals surface area contributed by atoms with Crippen LogP contribution in [0.3, 0.4) is 0 Å². The van der Waals surface area contributed by atoms with Crippen LogP contribution in [0.25, 0.3) is 0 Å². The van der Waals surface area contributed by atoms with Gasteiger partial charge in [-0.25, -0.2) is 0 Å². The van der Waals surface area contributed by atoms with Crippen molar-refractivity contribution in [2.24, 2.45) is 0 Å². The summed E-state index contributed by atoms with van der Waals surface area (Å²) < 4.78 is 1.01. The Morgan fingerprint density at radius 2 is 2.18 bits per heavy atom. The van der Waals surface area contributed by atoms with Gasteiger partial charge < -0.3 is 10.0 Å². The summed E-state index contributed by atoms with van der Waals surface area (Å²) >= 11 is 3.42. The molecule has 1 amide bonds. The monoisotopic (exact) mass is 299 g/mol. The van der Waals surface area contributed by atoms with Crippen molar-refractivity contribution in [2.45, 2.75) is 20.3 Å². The highest BCUT2D eigenvalue weighted by Gasteiger charge is 2.14. The maximum Gasteiger partial charge on any atom is 0.253 e. The van der Waals surface area contributed by atoms with Crippen LogP contribution in [0.1, 0.15) is 29.3 Å². The Balaban J connectivity index is 2.82. The van der Waals surface area contributed by atoms with E-state index in [1.54, 1.807) is 4.90 Å². The third-order valence-corrected chi connectivity index (χ3v) is 3.55. The molecule has 0 spiro atoms.